The highest BCUT2D eigenvalue weighted by Crippen LogP contribution is 2.16. The summed E-state index contributed by atoms with van der Waals surface area (Å²) in [5.41, 5.74) is 0.685. The van der Waals surface area contributed by atoms with E-state index in [-0.39, 0.29) is 5.33 Å². The van der Waals surface area contributed by atoms with Crippen molar-refractivity contribution in [2.75, 3.05) is 5.33 Å². The molecule has 0 heterocycles. The van der Waals surface area contributed by atoms with E-state index in [0.717, 1.165) is 0 Å². The molecule has 0 aliphatic rings. The molecule has 0 spiro atoms. The second-order valence-electron chi connectivity index (χ2n) is 2.54. The van der Waals surface area contributed by atoms with Gasteiger partial charge in [-0.2, -0.15) is 5.26 Å². The predicted molar refractivity (Wildman–Crippen MR) is 54.7 cm³/mol. The number of carbonyl (C=O) groups is 1. The van der Waals surface area contributed by atoms with Gasteiger partial charge in [-0.1, -0.05) is 46.3 Å². The Kier molecular flexibility index (Phi) is 4.14. The third kappa shape index (κ3) is 2.86. The summed E-state index contributed by atoms with van der Waals surface area (Å²) in [5, 5.41) is 8.88. The summed E-state index contributed by atoms with van der Waals surface area (Å²) < 4.78 is 4.89. The van der Waals surface area contributed by atoms with Gasteiger partial charge in [0.1, 0.15) is 11.4 Å². The van der Waals surface area contributed by atoms with E-state index in [1.54, 1.807) is 24.3 Å². The lowest BCUT2D eigenvalue weighted by molar-refractivity contribution is -0.143. The van der Waals surface area contributed by atoms with Crippen LogP contribution in [0.4, 0.5) is 0 Å². The monoisotopic (exact) mass is 253 g/mol. The number of nitriles is 1. The summed E-state index contributed by atoms with van der Waals surface area (Å²) in [6, 6.07) is 10.8. The molecule has 14 heavy (non-hydrogen) atoms. The molecule has 0 aliphatic heterocycles. The Hall–Kier alpha value is -1.34. The van der Waals surface area contributed by atoms with E-state index in [1.165, 1.54) is 0 Å². The van der Waals surface area contributed by atoms with Gasteiger partial charge in [-0.25, -0.2) is 0 Å². The van der Waals surface area contributed by atoms with E-state index in [1.807, 2.05) is 12.1 Å². The molecule has 0 saturated heterocycles. The lowest BCUT2D eigenvalue weighted by atomic mass is 10.1. The number of nitrogens with zero attached hydrogens (tertiary/aromatic N) is 1. The number of esters is 1. The maximum absolute atomic E-state index is 10.9. The molecule has 1 rings (SSSR count). The average Bonchev–Trinajstić information content (AvgIpc) is 2.26. The molecule has 3 nitrogen and oxygen atoms in total. The molecule has 1 aromatic carbocycles. The van der Waals surface area contributed by atoms with Gasteiger partial charge in [0, 0.05) is 5.56 Å². The van der Waals surface area contributed by atoms with E-state index in [0.29, 0.717) is 5.56 Å². The third-order valence-corrected chi connectivity index (χ3v) is 2.04. The fourth-order valence-electron chi connectivity index (χ4n) is 0.960. The van der Waals surface area contributed by atoms with E-state index in [4.69, 9.17) is 10.00 Å². The quantitative estimate of drug-likeness (QED) is 0.613. The summed E-state index contributed by atoms with van der Waals surface area (Å²) >= 11 is 2.96. The Balaban J connectivity index is 2.74. The maximum Gasteiger partial charge on any atom is 0.318 e. The van der Waals surface area contributed by atoms with Gasteiger partial charge in [-0.15, -0.1) is 0 Å². The molecule has 0 aliphatic carbocycles. The van der Waals surface area contributed by atoms with Gasteiger partial charge in [0.25, 0.3) is 0 Å². The van der Waals surface area contributed by atoms with Crippen LogP contribution in [0.2, 0.25) is 0 Å². The summed E-state index contributed by atoms with van der Waals surface area (Å²) in [7, 11) is 0. The zero-order valence-electron chi connectivity index (χ0n) is 7.31. The summed E-state index contributed by atoms with van der Waals surface area (Å²) in [5.74, 6) is -0.444. The fourth-order valence-corrected chi connectivity index (χ4v) is 1.09. The zero-order chi connectivity index (χ0) is 10.4. The van der Waals surface area contributed by atoms with Crippen LogP contribution < -0.4 is 0 Å². The molecule has 4 heteroatoms. The molecule has 0 N–H and O–H groups in total. The first-order valence-electron chi connectivity index (χ1n) is 3.98. The molecule has 0 bridgehead atoms. The third-order valence-electron chi connectivity index (χ3n) is 1.58. The van der Waals surface area contributed by atoms with Crippen LogP contribution in [0.3, 0.4) is 0 Å². The van der Waals surface area contributed by atoms with E-state index in [2.05, 4.69) is 15.9 Å². The fraction of sp³-hybridized carbons (Fsp3) is 0.200. The van der Waals surface area contributed by atoms with Crippen molar-refractivity contribution in [1.82, 2.24) is 0 Å². The minimum atomic E-state index is -0.818. The largest absolute Gasteiger partial charge is 0.441 e. The molecule has 1 unspecified atom stereocenters. The molecular formula is C10H8BrNO2. The SMILES string of the molecule is N#CC(OC(=O)CBr)c1ccccc1. The number of ether oxygens (including phenoxy) is 1. The van der Waals surface area contributed by atoms with Crippen molar-refractivity contribution < 1.29 is 9.53 Å². The summed E-state index contributed by atoms with van der Waals surface area (Å²) in [4.78, 5) is 10.9. The highest BCUT2D eigenvalue weighted by Gasteiger charge is 2.14. The minimum absolute atomic E-state index is 0.0953. The number of alkyl halides is 1. The van der Waals surface area contributed by atoms with Gasteiger partial charge in [0.05, 0.1) is 0 Å². The first-order valence-corrected chi connectivity index (χ1v) is 5.10. The Morgan fingerprint density at radius 3 is 2.64 bits per heavy atom. The zero-order valence-corrected chi connectivity index (χ0v) is 8.90. The summed E-state index contributed by atoms with van der Waals surface area (Å²) in [6.07, 6.45) is -0.818. The molecule has 0 aromatic heterocycles. The van der Waals surface area contributed by atoms with Crippen molar-refractivity contribution in [2.24, 2.45) is 0 Å². The van der Waals surface area contributed by atoms with Crippen molar-refractivity contribution in [3.63, 3.8) is 0 Å². The van der Waals surface area contributed by atoms with E-state index in [9.17, 15) is 4.79 Å². The second kappa shape index (κ2) is 5.40. The van der Waals surface area contributed by atoms with Crippen LogP contribution in [0.15, 0.2) is 30.3 Å². The van der Waals surface area contributed by atoms with Crippen LogP contribution in [0.1, 0.15) is 11.7 Å². The smallest absolute Gasteiger partial charge is 0.318 e. The molecule has 1 aromatic rings. The van der Waals surface area contributed by atoms with E-state index < -0.39 is 12.1 Å². The van der Waals surface area contributed by atoms with Crippen molar-refractivity contribution >= 4 is 21.9 Å². The Bertz CT molecular complexity index is 345. The van der Waals surface area contributed by atoms with Crippen LogP contribution >= 0.6 is 15.9 Å². The number of benzene rings is 1. The lowest BCUT2D eigenvalue weighted by Crippen LogP contribution is -2.10. The lowest BCUT2D eigenvalue weighted by Gasteiger charge is -2.09. The highest BCUT2D eigenvalue weighted by atomic mass is 79.9. The Morgan fingerprint density at radius 1 is 1.50 bits per heavy atom. The van der Waals surface area contributed by atoms with Crippen LogP contribution in [-0.4, -0.2) is 11.3 Å². The first-order chi connectivity index (χ1) is 6.77. The van der Waals surface area contributed by atoms with Gasteiger partial charge < -0.3 is 4.74 Å². The number of hydrogen-bond donors (Lipinski definition) is 0. The van der Waals surface area contributed by atoms with Crippen LogP contribution in [-0.2, 0) is 9.53 Å². The number of halogens is 1. The normalized spacial score (nSPS) is 11.4. The maximum atomic E-state index is 10.9. The molecule has 0 amide bonds. The molecular weight excluding hydrogens is 246 g/mol. The minimum Gasteiger partial charge on any atom is -0.441 e. The topological polar surface area (TPSA) is 50.1 Å². The van der Waals surface area contributed by atoms with Crippen molar-refractivity contribution in [3.05, 3.63) is 35.9 Å². The molecule has 0 fully saturated rings. The molecule has 0 saturated carbocycles. The van der Waals surface area contributed by atoms with Crippen molar-refractivity contribution in [3.8, 4) is 6.07 Å². The second-order valence-corrected chi connectivity index (χ2v) is 3.10. The average molecular weight is 254 g/mol. The standard InChI is InChI=1S/C10H8BrNO2/c11-6-10(13)14-9(7-12)8-4-2-1-3-5-8/h1-5,9H,6H2. The van der Waals surface area contributed by atoms with Gasteiger partial charge in [0.15, 0.2) is 0 Å². The number of carbonyl (C=O) groups excluding carboxylic acids is 1. The summed E-state index contributed by atoms with van der Waals surface area (Å²) in [6.45, 7) is 0. The molecule has 72 valence electrons. The van der Waals surface area contributed by atoms with Gasteiger partial charge in [-0.3, -0.25) is 4.79 Å². The highest BCUT2D eigenvalue weighted by molar-refractivity contribution is 9.09. The number of hydrogen-bond acceptors (Lipinski definition) is 3. The van der Waals surface area contributed by atoms with Crippen LogP contribution in [0, 0.1) is 11.3 Å². The molecule has 0 radical (unpaired) electrons. The number of rotatable bonds is 3. The Morgan fingerprint density at radius 2 is 2.14 bits per heavy atom. The first kappa shape index (κ1) is 10.7. The Labute approximate surface area is 90.4 Å². The predicted octanol–water partition coefficient (Wildman–Crippen LogP) is 2.19. The van der Waals surface area contributed by atoms with Gasteiger partial charge in [0.2, 0.25) is 6.10 Å². The molecule has 1 atom stereocenters. The van der Waals surface area contributed by atoms with Crippen molar-refractivity contribution in [1.29, 1.82) is 5.26 Å². The van der Waals surface area contributed by atoms with Crippen molar-refractivity contribution in [2.45, 2.75) is 6.10 Å². The van der Waals surface area contributed by atoms with Gasteiger partial charge in [-0.05, 0) is 0 Å². The van der Waals surface area contributed by atoms with Crippen LogP contribution in [0.25, 0.3) is 0 Å². The van der Waals surface area contributed by atoms with Gasteiger partial charge >= 0.3 is 5.97 Å². The van der Waals surface area contributed by atoms with Crippen LogP contribution in [0.5, 0.6) is 0 Å². The van der Waals surface area contributed by atoms with E-state index >= 15 is 0 Å².